The maximum atomic E-state index is 11.9. The van der Waals surface area contributed by atoms with Crippen molar-refractivity contribution in [2.75, 3.05) is 7.05 Å². The van der Waals surface area contributed by atoms with Gasteiger partial charge in [0.1, 0.15) is 0 Å². The predicted molar refractivity (Wildman–Crippen MR) is 72.4 cm³/mol. The Balaban J connectivity index is 2.41. The zero-order valence-corrected chi connectivity index (χ0v) is 12.1. The number of carbonyl (C=O) groups excluding carboxylic acids is 1. The first-order chi connectivity index (χ1) is 9.00. The van der Waals surface area contributed by atoms with Crippen LogP contribution in [0.3, 0.4) is 0 Å². The van der Waals surface area contributed by atoms with E-state index in [9.17, 15) is 14.7 Å². The van der Waals surface area contributed by atoms with Crippen LogP contribution in [0.1, 0.15) is 31.0 Å². The number of rotatable bonds is 2. The molecule has 5 nitrogen and oxygen atoms in total. The van der Waals surface area contributed by atoms with E-state index >= 15 is 0 Å². The molecular formula is C13H15BrN2O3. The lowest BCUT2D eigenvalue weighted by Crippen LogP contribution is -2.36. The Morgan fingerprint density at radius 1 is 1.53 bits per heavy atom. The Morgan fingerprint density at radius 3 is 2.84 bits per heavy atom. The summed E-state index contributed by atoms with van der Waals surface area (Å²) >= 11 is 3.30. The van der Waals surface area contributed by atoms with Gasteiger partial charge >= 0.3 is 5.97 Å². The molecule has 0 radical (unpaired) electrons. The van der Waals surface area contributed by atoms with Crippen molar-refractivity contribution in [3.05, 3.63) is 28.5 Å². The van der Waals surface area contributed by atoms with Gasteiger partial charge in [-0.05, 0) is 40.9 Å². The number of carboxylic acids is 1. The average molecular weight is 327 g/mol. The second-order valence-corrected chi connectivity index (χ2v) is 5.60. The first-order valence-electron chi connectivity index (χ1n) is 6.10. The zero-order chi connectivity index (χ0) is 14.0. The Kier molecular flexibility index (Phi) is 4.19. The maximum Gasteiger partial charge on any atom is 0.309 e. The summed E-state index contributed by atoms with van der Waals surface area (Å²) in [6.07, 6.45) is 3.12. The normalized spacial score (nSPS) is 24.1. The van der Waals surface area contributed by atoms with Gasteiger partial charge in [-0.25, -0.2) is 0 Å². The van der Waals surface area contributed by atoms with Gasteiger partial charge in [-0.1, -0.05) is 0 Å². The molecule has 0 bridgehead atoms. The molecule has 1 saturated heterocycles. The molecule has 2 heterocycles. The molecule has 102 valence electrons. The van der Waals surface area contributed by atoms with E-state index in [2.05, 4.69) is 20.9 Å². The standard InChI is InChI=1S/C13H15BrN2O3/c1-16-11(17)4-2-3-9(13(18)19)12(16)10-6-5-8(14)7-15-10/h5-7,9,12H,2-4H2,1H3,(H,18,19). The molecule has 1 aliphatic heterocycles. The van der Waals surface area contributed by atoms with Crippen LogP contribution in [0.25, 0.3) is 0 Å². The molecule has 1 aliphatic rings. The van der Waals surface area contributed by atoms with Crippen LogP contribution in [0, 0.1) is 5.92 Å². The van der Waals surface area contributed by atoms with E-state index in [4.69, 9.17) is 0 Å². The van der Waals surface area contributed by atoms with Gasteiger partial charge in [-0.3, -0.25) is 14.6 Å². The molecule has 0 saturated carbocycles. The lowest BCUT2D eigenvalue weighted by Gasteiger charge is -2.29. The van der Waals surface area contributed by atoms with E-state index in [0.29, 0.717) is 25.0 Å². The molecule has 0 aliphatic carbocycles. The van der Waals surface area contributed by atoms with Crippen molar-refractivity contribution in [3.8, 4) is 0 Å². The monoisotopic (exact) mass is 326 g/mol. The minimum absolute atomic E-state index is 0.0292. The minimum Gasteiger partial charge on any atom is -0.481 e. The quantitative estimate of drug-likeness (QED) is 0.904. The van der Waals surface area contributed by atoms with Crippen LogP contribution >= 0.6 is 15.9 Å². The van der Waals surface area contributed by atoms with Crippen molar-refractivity contribution in [1.82, 2.24) is 9.88 Å². The number of aliphatic carboxylic acids is 1. The molecule has 2 rings (SSSR count). The van der Waals surface area contributed by atoms with E-state index in [1.165, 1.54) is 4.90 Å². The van der Waals surface area contributed by atoms with Crippen LogP contribution in [0.15, 0.2) is 22.8 Å². The minimum atomic E-state index is -0.878. The molecule has 6 heteroatoms. The fourth-order valence-corrected chi connectivity index (χ4v) is 2.69. The highest BCUT2D eigenvalue weighted by atomic mass is 79.9. The number of carbonyl (C=O) groups is 2. The van der Waals surface area contributed by atoms with Gasteiger partial charge in [0.2, 0.25) is 5.91 Å². The second-order valence-electron chi connectivity index (χ2n) is 4.69. The highest BCUT2D eigenvalue weighted by molar-refractivity contribution is 9.10. The Morgan fingerprint density at radius 2 is 2.26 bits per heavy atom. The fourth-order valence-electron chi connectivity index (χ4n) is 2.46. The van der Waals surface area contributed by atoms with Gasteiger partial charge in [0.05, 0.1) is 17.7 Å². The summed E-state index contributed by atoms with van der Waals surface area (Å²) in [5.74, 6) is -1.51. The third-order valence-electron chi connectivity index (χ3n) is 3.47. The SMILES string of the molecule is CN1C(=O)CCCC(C(=O)O)C1c1ccc(Br)cn1. The first kappa shape index (κ1) is 14.0. The average Bonchev–Trinajstić information content (AvgIpc) is 2.51. The van der Waals surface area contributed by atoms with Crippen LogP contribution in [0.5, 0.6) is 0 Å². The van der Waals surface area contributed by atoms with Crippen molar-refractivity contribution in [3.63, 3.8) is 0 Å². The number of hydrogen-bond donors (Lipinski definition) is 1. The number of likely N-dealkylation sites (tertiary alicyclic amines) is 1. The maximum absolute atomic E-state index is 11.9. The summed E-state index contributed by atoms with van der Waals surface area (Å²) in [5.41, 5.74) is 0.619. The Bertz CT molecular complexity index is 489. The van der Waals surface area contributed by atoms with Crippen molar-refractivity contribution >= 4 is 27.8 Å². The summed E-state index contributed by atoms with van der Waals surface area (Å²) < 4.78 is 0.825. The highest BCUT2D eigenvalue weighted by Crippen LogP contribution is 2.34. The molecule has 0 aromatic carbocycles. The number of pyridine rings is 1. The zero-order valence-electron chi connectivity index (χ0n) is 10.5. The third kappa shape index (κ3) is 2.94. The van der Waals surface area contributed by atoms with Gasteiger partial charge in [0.25, 0.3) is 0 Å². The first-order valence-corrected chi connectivity index (χ1v) is 6.90. The van der Waals surface area contributed by atoms with Crippen molar-refractivity contribution < 1.29 is 14.7 Å². The largest absolute Gasteiger partial charge is 0.481 e. The number of carboxylic acid groups (broad SMARTS) is 1. The van der Waals surface area contributed by atoms with E-state index in [0.717, 1.165) is 4.47 Å². The van der Waals surface area contributed by atoms with Crippen LogP contribution in [-0.4, -0.2) is 33.9 Å². The van der Waals surface area contributed by atoms with Gasteiger partial charge < -0.3 is 10.0 Å². The van der Waals surface area contributed by atoms with Gasteiger partial charge in [-0.15, -0.1) is 0 Å². The second kappa shape index (κ2) is 5.69. The van der Waals surface area contributed by atoms with Gasteiger partial charge in [0, 0.05) is 24.1 Å². The van der Waals surface area contributed by atoms with Crippen LogP contribution in [0.4, 0.5) is 0 Å². The fraction of sp³-hybridized carbons (Fsp3) is 0.462. The van der Waals surface area contributed by atoms with Gasteiger partial charge in [0.15, 0.2) is 0 Å². The molecular weight excluding hydrogens is 312 g/mol. The smallest absolute Gasteiger partial charge is 0.309 e. The number of aromatic nitrogens is 1. The van der Waals surface area contributed by atoms with Crippen LogP contribution in [-0.2, 0) is 9.59 Å². The summed E-state index contributed by atoms with van der Waals surface area (Å²) in [6.45, 7) is 0. The molecule has 2 atom stereocenters. The van der Waals surface area contributed by atoms with E-state index in [1.807, 2.05) is 6.07 Å². The van der Waals surface area contributed by atoms with Crippen LogP contribution in [0.2, 0.25) is 0 Å². The molecule has 1 fully saturated rings. The molecule has 1 aromatic heterocycles. The lowest BCUT2D eigenvalue weighted by atomic mass is 9.92. The highest BCUT2D eigenvalue weighted by Gasteiger charge is 2.37. The number of halogens is 1. The Labute approximate surface area is 119 Å². The van der Waals surface area contributed by atoms with E-state index in [-0.39, 0.29) is 5.91 Å². The molecule has 2 unspecified atom stereocenters. The Hall–Kier alpha value is -1.43. The van der Waals surface area contributed by atoms with Crippen molar-refractivity contribution in [2.24, 2.45) is 5.92 Å². The topological polar surface area (TPSA) is 70.5 Å². The summed E-state index contributed by atoms with van der Waals surface area (Å²) in [6, 6.07) is 3.07. The van der Waals surface area contributed by atoms with E-state index in [1.54, 1.807) is 19.3 Å². The lowest BCUT2D eigenvalue weighted by molar-refractivity contribution is -0.145. The van der Waals surface area contributed by atoms with Crippen molar-refractivity contribution in [2.45, 2.75) is 25.3 Å². The van der Waals surface area contributed by atoms with Crippen molar-refractivity contribution in [1.29, 1.82) is 0 Å². The summed E-state index contributed by atoms with van der Waals surface area (Å²) in [5, 5.41) is 9.38. The number of amides is 1. The summed E-state index contributed by atoms with van der Waals surface area (Å²) in [7, 11) is 1.65. The number of nitrogens with zero attached hydrogens (tertiary/aromatic N) is 2. The summed E-state index contributed by atoms with van der Waals surface area (Å²) in [4.78, 5) is 29.1. The third-order valence-corrected chi connectivity index (χ3v) is 3.94. The molecule has 1 N–H and O–H groups in total. The van der Waals surface area contributed by atoms with Crippen LogP contribution < -0.4 is 0 Å². The number of hydrogen-bond acceptors (Lipinski definition) is 3. The molecule has 19 heavy (non-hydrogen) atoms. The molecule has 0 spiro atoms. The van der Waals surface area contributed by atoms with E-state index < -0.39 is 17.9 Å². The van der Waals surface area contributed by atoms with Gasteiger partial charge in [-0.2, -0.15) is 0 Å². The predicted octanol–water partition coefficient (Wildman–Crippen LogP) is 2.23. The molecule has 1 aromatic rings. The molecule has 1 amide bonds.